The first-order valence-electron chi connectivity index (χ1n) is 8.77. The molecule has 1 fully saturated rings. The first-order valence-corrected chi connectivity index (χ1v) is 11.0. The highest BCUT2D eigenvalue weighted by atomic mass is 79.9. The van der Waals surface area contributed by atoms with E-state index in [-0.39, 0.29) is 10.8 Å². The third-order valence-electron chi connectivity index (χ3n) is 4.23. The molecular weight excluding hydrogens is 448 g/mol. The van der Waals surface area contributed by atoms with Crippen molar-refractivity contribution in [2.24, 2.45) is 0 Å². The average Bonchev–Trinajstić information content (AvgIpc) is 2.70. The molecule has 1 heterocycles. The van der Waals surface area contributed by atoms with Crippen molar-refractivity contribution in [3.05, 3.63) is 53.0 Å². The van der Waals surface area contributed by atoms with E-state index < -0.39 is 16.1 Å². The normalized spacial score (nSPS) is 16.4. The Balaban J connectivity index is 1.61. The largest absolute Gasteiger partial charge is 0.481 e. The molecule has 3 rings (SSSR count). The number of halogens is 1. The van der Waals surface area contributed by atoms with Gasteiger partial charge in [-0.1, -0.05) is 15.9 Å². The molecule has 0 bridgehead atoms. The first kappa shape index (κ1) is 20.8. The van der Waals surface area contributed by atoms with Crippen LogP contribution < -0.4 is 10.1 Å². The van der Waals surface area contributed by atoms with Crippen LogP contribution in [0.25, 0.3) is 0 Å². The molecule has 1 aliphatic heterocycles. The van der Waals surface area contributed by atoms with Gasteiger partial charge in [0.1, 0.15) is 5.75 Å². The number of anilines is 1. The van der Waals surface area contributed by atoms with Gasteiger partial charge < -0.3 is 14.8 Å². The number of sulfonamides is 1. The number of nitrogens with one attached hydrogen (secondary N) is 1. The molecule has 2 aromatic rings. The maximum Gasteiger partial charge on any atom is 0.265 e. The predicted octanol–water partition coefficient (Wildman–Crippen LogP) is 2.88. The summed E-state index contributed by atoms with van der Waals surface area (Å²) >= 11 is 3.34. The van der Waals surface area contributed by atoms with E-state index in [4.69, 9.17) is 9.47 Å². The third-order valence-corrected chi connectivity index (χ3v) is 6.67. The highest BCUT2D eigenvalue weighted by molar-refractivity contribution is 9.10. The molecule has 1 aliphatic rings. The van der Waals surface area contributed by atoms with Gasteiger partial charge in [-0.15, -0.1) is 0 Å². The van der Waals surface area contributed by atoms with Crippen molar-refractivity contribution in [1.82, 2.24) is 4.31 Å². The fourth-order valence-electron chi connectivity index (χ4n) is 2.66. The zero-order valence-electron chi connectivity index (χ0n) is 15.3. The van der Waals surface area contributed by atoms with E-state index in [0.717, 1.165) is 4.47 Å². The SMILES string of the molecule is CC(Oc1ccc(Br)cc1)C(=O)Nc1ccc(S(=O)(=O)N2CCOCC2)cc1. The first-order chi connectivity index (χ1) is 13.4. The van der Waals surface area contributed by atoms with Gasteiger partial charge in [-0.25, -0.2) is 8.42 Å². The number of ether oxygens (including phenoxy) is 2. The van der Waals surface area contributed by atoms with Gasteiger partial charge in [0.15, 0.2) is 6.10 Å². The van der Waals surface area contributed by atoms with Crippen LogP contribution >= 0.6 is 15.9 Å². The second-order valence-electron chi connectivity index (χ2n) is 6.24. The number of benzene rings is 2. The van der Waals surface area contributed by atoms with Gasteiger partial charge in [0, 0.05) is 23.2 Å². The van der Waals surface area contributed by atoms with Crippen LogP contribution in [0.5, 0.6) is 5.75 Å². The Morgan fingerprint density at radius 2 is 1.71 bits per heavy atom. The van der Waals surface area contributed by atoms with Gasteiger partial charge in [-0.3, -0.25) is 4.79 Å². The molecule has 1 N–H and O–H groups in total. The minimum atomic E-state index is -3.56. The summed E-state index contributed by atoms with van der Waals surface area (Å²) in [6, 6.07) is 13.3. The Hall–Kier alpha value is -1.94. The maximum absolute atomic E-state index is 12.6. The number of carbonyl (C=O) groups excluding carboxylic acids is 1. The molecule has 0 saturated carbocycles. The summed E-state index contributed by atoms with van der Waals surface area (Å²) in [6.07, 6.45) is -0.710. The topological polar surface area (TPSA) is 84.9 Å². The van der Waals surface area contributed by atoms with Crippen LogP contribution in [-0.4, -0.2) is 51.0 Å². The quantitative estimate of drug-likeness (QED) is 0.704. The minimum Gasteiger partial charge on any atom is -0.481 e. The third kappa shape index (κ3) is 5.11. The molecule has 0 aromatic heterocycles. The Morgan fingerprint density at radius 3 is 2.32 bits per heavy atom. The van der Waals surface area contributed by atoms with E-state index in [0.29, 0.717) is 37.7 Å². The standard InChI is InChI=1S/C19H21BrN2O5S/c1-14(27-17-6-2-15(20)3-7-17)19(23)21-16-4-8-18(9-5-16)28(24,25)22-10-12-26-13-11-22/h2-9,14H,10-13H2,1H3,(H,21,23). The lowest BCUT2D eigenvalue weighted by molar-refractivity contribution is -0.122. The highest BCUT2D eigenvalue weighted by Gasteiger charge is 2.26. The molecule has 7 nitrogen and oxygen atoms in total. The van der Waals surface area contributed by atoms with E-state index in [1.165, 1.54) is 16.4 Å². The van der Waals surface area contributed by atoms with E-state index in [1.54, 1.807) is 31.2 Å². The summed E-state index contributed by atoms with van der Waals surface area (Å²) in [7, 11) is -3.56. The molecule has 1 saturated heterocycles. The molecule has 9 heteroatoms. The number of rotatable bonds is 6. The second-order valence-corrected chi connectivity index (χ2v) is 9.10. The van der Waals surface area contributed by atoms with Crippen LogP contribution in [0.15, 0.2) is 57.9 Å². The monoisotopic (exact) mass is 468 g/mol. The van der Waals surface area contributed by atoms with Gasteiger partial charge in [0.05, 0.1) is 18.1 Å². The Labute approximate surface area is 172 Å². The van der Waals surface area contributed by atoms with E-state index >= 15 is 0 Å². The number of nitrogens with zero attached hydrogens (tertiary/aromatic N) is 1. The van der Waals surface area contributed by atoms with Crippen molar-refractivity contribution in [2.45, 2.75) is 17.9 Å². The fraction of sp³-hybridized carbons (Fsp3) is 0.316. The van der Waals surface area contributed by atoms with E-state index in [2.05, 4.69) is 21.2 Å². The molecule has 2 aromatic carbocycles. The molecule has 1 amide bonds. The van der Waals surface area contributed by atoms with Crippen LogP contribution in [0.4, 0.5) is 5.69 Å². The van der Waals surface area contributed by atoms with E-state index in [9.17, 15) is 13.2 Å². The molecule has 1 atom stereocenters. The number of hydrogen-bond acceptors (Lipinski definition) is 5. The average molecular weight is 469 g/mol. The number of hydrogen-bond donors (Lipinski definition) is 1. The minimum absolute atomic E-state index is 0.187. The molecule has 0 radical (unpaired) electrons. The van der Waals surface area contributed by atoms with Gasteiger partial charge >= 0.3 is 0 Å². The van der Waals surface area contributed by atoms with Gasteiger partial charge in [0.25, 0.3) is 5.91 Å². The predicted molar refractivity (Wildman–Crippen MR) is 109 cm³/mol. The zero-order valence-corrected chi connectivity index (χ0v) is 17.7. The van der Waals surface area contributed by atoms with Crippen molar-refractivity contribution in [3.63, 3.8) is 0 Å². The van der Waals surface area contributed by atoms with Crippen LogP contribution in [0, 0.1) is 0 Å². The Kier molecular flexibility index (Phi) is 6.71. The summed E-state index contributed by atoms with van der Waals surface area (Å²) in [6.45, 7) is 3.11. The lowest BCUT2D eigenvalue weighted by Gasteiger charge is -2.26. The van der Waals surface area contributed by atoms with Crippen molar-refractivity contribution in [3.8, 4) is 5.75 Å². The number of amides is 1. The van der Waals surface area contributed by atoms with Gasteiger partial charge in [-0.2, -0.15) is 4.31 Å². The van der Waals surface area contributed by atoms with Crippen molar-refractivity contribution >= 4 is 37.5 Å². The van der Waals surface area contributed by atoms with Crippen molar-refractivity contribution < 1.29 is 22.7 Å². The zero-order chi connectivity index (χ0) is 20.1. The number of morpholine rings is 1. The summed E-state index contributed by atoms with van der Waals surface area (Å²) in [5, 5.41) is 2.73. The summed E-state index contributed by atoms with van der Waals surface area (Å²) < 4.78 is 38.4. The summed E-state index contributed by atoms with van der Waals surface area (Å²) in [5.41, 5.74) is 0.497. The lowest BCUT2D eigenvalue weighted by atomic mass is 10.3. The van der Waals surface area contributed by atoms with Crippen molar-refractivity contribution in [2.75, 3.05) is 31.6 Å². The lowest BCUT2D eigenvalue weighted by Crippen LogP contribution is -2.40. The molecule has 28 heavy (non-hydrogen) atoms. The van der Waals surface area contributed by atoms with Crippen LogP contribution in [-0.2, 0) is 19.6 Å². The highest BCUT2D eigenvalue weighted by Crippen LogP contribution is 2.20. The van der Waals surface area contributed by atoms with Crippen LogP contribution in [0.2, 0.25) is 0 Å². The molecule has 1 unspecified atom stereocenters. The second kappa shape index (κ2) is 9.04. The molecular formula is C19H21BrN2O5S. The Bertz CT molecular complexity index is 910. The number of carbonyl (C=O) groups is 1. The smallest absolute Gasteiger partial charge is 0.265 e. The van der Waals surface area contributed by atoms with Crippen molar-refractivity contribution in [1.29, 1.82) is 0 Å². The van der Waals surface area contributed by atoms with E-state index in [1.807, 2.05) is 12.1 Å². The summed E-state index contributed by atoms with van der Waals surface area (Å²) in [4.78, 5) is 12.5. The van der Waals surface area contributed by atoms with Gasteiger partial charge in [-0.05, 0) is 55.5 Å². The maximum atomic E-state index is 12.6. The Morgan fingerprint density at radius 1 is 1.11 bits per heavy atom. The van der Waals surface area contributed by atoms with Crippen LogP contribution in [0.3, 0.4) is 0 Å². The fourth-order valence-corrected chi connectivity index (χ4v) is 4.33. The molecule has 0 aliphatic carbocycles. The van der Waals surface area contributed by atoms with Gasteiger partial charge in [0.2, 0.25) is 10.0 Å². The summed E-state index contributed by atoms with van der Waals surface area (Å²) in [5.74, 6) is 0.254. The molecule has 150 valence electrons. The van der Waals surface area contributed by atoms with Crippen LogP contribution in [0.1, 0.15) is 6.92 Å². The molecule has 0 spiro atoms.